The minimum absolute atomic E-state index is 0.160. The number of aromatic nitrogens is 3. The first-order valence-corrected chi connectivity index (χ1v) is 11.9. The number of hydrogen-bond donors (Lipinski definition) is 0. The summed E-state index contributed by atoms with van der Waals surface area (Å²) in [5.74, 6) is 0.977. The van der Waals surface area contributed by atoms with Gasteiger partial charge in [0.1, 0.15) is 11.6 Å². The van der Waals surface area contributed by atoms with E-state index in [0.717, 1.165) is 37.0 Å². The summed E-state index contributed by atoms with van der Waals surface area (Å²) < 4.78 is 55.6. The molecular formula is C24H24Cl2F4N4. The molecule has 1 heterocycles. The molecule has 34 heavy (non-hydrogen) atoms. The van der Waals surface area contributed by atoms with Gasteiger partial charge in [0.25, 0.3) is 0 Å². The highest BCUT2D eigenvalue weighted by atomic mass is 35.5. The fourth-order valence-electron chi connectivity index (χ4n) is 4.03. The summed E-state index contributed by atoms with van der Waals surface area (Å²) in [7, 11) is 0. The summed E-state index contributed by atoms with van der Waals surface area (Å²) in [4.78, 5) is 6.32. The molecule has 2 aromatic carbocycles. The standard InChI is InChI=1S/C24H24Cl2F4N4/c1-3-10-33-14(2)31-23(32-33)34(22-19(25)12-17(13-20(22)26)24(28,29)30)21(11-15-4-5-15)16-6-8-18(27)9-7-16/h6-9,12-13,15,21H,3-5,10-11H2,1-2H3. The molecule has 1 unspecified atom stereocenters. The molecule has 1 saturated carbocycles. The lowest BCUT2D eigenvalue weighted by Crippen LogP contribution is -2.27. The summed E-state index contributed by atoms with van der Waals surface area (Å²) in [6.07, 6.45) is -1.03. The molecule has 1 fully saturated rings. The van der Waals surface area contributed by atoms with E-state index in [2.05, 4.69) is 10.1 Å². The molecule has 0 radical (unpaired) electrons. The van der Waals surface area contributed by atoms with Crippen molar-refractivity contribution in [1.82, 2.24) is 14.8 Å². The Morgan fingerprint density at radius 2 is 1.74 bits per heavy atom. The van der Waals surface area contributed by atoms with Crippen molar-refractivity contribution in [1.29, 1.82) is 0 Å². The predicted molar refractivity (Wildman–Crippen MR) is 125 cm³/mol. The van der Waals surface area contributed by atoms with Crippen LogP contribution >= 0.6 is 23.2 Å². The Kier molecular flexibility index (Phi) is 7.10. The van der Waals surface area contributed by atoms with Crippen LogP contribution in [0.3, 0.4) is 0 Å². The lowest BCUT2D eigenvalue weighted by Gasteiger charge is -2.33. The van der Waals surface area contributed by atoms with Crippen molar-refractivity contribution in [2.75, 3.05) is 4.90 Å². The van der Waals surface area contributed by atoms with Gasteiger partial charge in [0.15, 0.2) is 0 Å². The van der Waals surface area contributed by atoms with Gasteiger partial charge in [-0.1, -0.05) is 55.1 Å². The summed E-state index contributed by atoms with van der Waals surface area (Å²) in [6, 6.07) is 7.37. The van der Waals surface area contributed by atoms with Gasteiger partial charge in [0.2, 0.25) is 5.95 Å². The van der Waals surface area contributed by atoms with E-state index in [-0.39, 0.29) is 27.5 Å². The van der Waals surface area contributed by atoms with Crippen LogP contribution in [0.15, 0.2) is 36.4 Å². The minimum atomic E-state index is -4.60. The van der Waals surface area contributed by atoms with Crippen molar-refractivity contribution in [2.45, 2.75) is 58.3 Å². The average molecular weight is 515 g/mol. The Morgan fingerprint density at radius 1 is 1.12 bits per heavy atom. The number of nitrogens with zero attached hydrogens (tertiary/aromatic N) is 4. The first-order chi connectivity index (χ1) is 16.1. The molecule has 0 aliphatic heterocycles. The molecular weight excluding hydrogens is 491 g/mol. The van der Waals surface area contributed by atoms with Gasteiger partial charge in [-0.05, 0) is 55.5 Å². The number of halogens is 6. The van der Waals surface area contributed by atoms with Gasteiger partial charge in [-0.25, -0.2) is 9.07 Å². The van der Waals surface area contributed by atoms with Crippen LogP contribution in [0.1, 0.15) is 55.6 Å². The lowest BCUT2D eigenvalue weighted by molar-refractivity contribution is -0.137. The Labute approximate surface area is 205 Å². The van der Waals surface area contributed by atoms with Crippen LogP contribution in [0.25, 0.3) is 0 Å². The van der Waals surface area contributed by atoms with Gasteiger partial charge < -0.3 is 0 Å². The molecule has 1 aromatic heterocycles. The maximum Gasteiger partial charge on any atom is 0.416 e. The Bertz CT molecular complexity index is 1130. The van der Waals surface area contributed by atoms with Crippen molar-refractivity contribution in [3.8, 4) is 0 Å². The zero-order valence-corrected chi connectivity index (χ0v) is 20.2. The SMILES string of the molecule is CCCn1nc(N(c2c(Cl)cc(C(F)(F)F)cc2Cl)C(CC2CC2)c2ccc(F)cc2)nc1C. The number of hydrogen-bond acceptors (Lipinski definition) is 3. The molecule has 3 aromatic rings. The van der Waals surface area contributed by atoms with Crippen molar-refractivity contribution in [3.05, 3.63) is 69.2 Å². The quantitative estimate of drug-likeness (QED) is 0.284. The van der Waals surface area contributed by atoms with Crippen LogP contribution in [0.2, 0.25) is 10.0 Å². The highest BCUT2D eigenvalue weighted by Crippen LogP contribution is 2.49. The van der Waals surface area contributed by atoms with E-state index in [1.807, 2.05) is 13.8 Å². The second kappa shape index (κ2) is 9.74. The largest absolute Gasteiger partial charge is 0.416 e. The van der Waals surface area contributed by atoms with Crippen molar-refractivity contribution >= 4 is 34.8 Å². The summed E-state index contributed by atoms with van der Waals surface area (Å²) in [5, 5.41) is 4.32. The van der Waals surface area contributed by atoms with Crippen molar-refractivity contribution < 1.29 is 17.6 Å². The highest BCUT2D eigenvalue weighted by molar-refractivity contribution is 6.39. The number of benzene rings is 2. The maximum atomic E-state index is 13.7. The fraction of sp³-hybridized carbons (Fsp3) is 0.417. The number of alkyl halides is 3. The predicted octanol–water partition coefficient (Wildman–Crippen LogP) is 8.14. The summed E-state index contributed by atoms with van der Waals surface area (Å²) in [6.45, 7) is 4.45. The molecule has 4 rings (SSSR count). The van der Waals surface area contributed by atoms with Crippen LogP contribution in [0.4, 0.5) is 29.2 Å². The third-order valence-electron chi connectivity index (χ3n) is 5.90. The molecule has 1 aliphatic rings. The van der Waals surface area contributed by atoms with E-state index in [1.165, 1.54) is 12.1 Å². The van der Waals surface area contributed by atoms with Crippen molar-refractivity contribution in [3.63, 3.8) is 0 Å². The maximum absolute atomic E-state index is 13.7. The van der Waals surface area contributed by atoms with Crippen molar-refractivity contribution in [2.24, 2.45) is 5.92 Å². The van der Waals surface area contributed by atoms with Crippen LogP contribution in [-0.4, -0.2) is 14.8 Å². The molecule has 4 nitrogen and oxygen atoms in total. The summed E-state index contributed by atoms with van der Waals surface area (Å²) >= 11 is 12.9. The Morgan fingerprint density at radius 3 is 2.26 bits per heavy atom. The first-order valence-electron chi connectivity index (χ1n) is 11.1. The molecule has 0 N–H and O–H groups in total. The van der Waals surface area contributed by atoms with Gasteiger partial charge in [-0.15, -0.1) is 5.10 Å². The van der Waals surface area contributed by atoms with Crippen LogP contribution < -0.4 is 4.90 Å². The van der Waals surface area contributed by atoms with E-state index in [0.29, 0.717) is 24.7 Å². The number of aryl methyl sites for hydroxylation is 2. The van der Waals surface area contributed by atoms with E-state index in [1.54, 1.807) is 21.7 Å². The minimum Gasteiger partial charge on any atom is -0.299 e. The number of rotatable bonds is 8. The van der Waals surface area contributed by atoms with Gasteiger partial charge in [0.05, 0.1) is 27.3 Å². The molecule has 0 saturated heterocycles. The molecule has 0 bridgehead atoms. The first kappa shape index (κ1) is 24.8. The van der Waals surface area contributed by atoms with Gasteiger partial charge in [-0.2, -0.15) is 18.2 Å². The van der Waals surface area contributed by atoms with Gasteiger partial charge in [-0.3, -0.25) is 4.90 Å². The molecule has 1 atom stereocenters. The monoisotopic (exact) mass is 514 g/mol. The summed E-state index contributed by atoms with van der Waals surface area (Å²) in [5.41, 5.74) is 0.0251. The number of anilines is 2. The second-order valence-electron chi connectivity index (χ2n) is 8.58. The van der Waals surface area contributed by atoms with Crippen LogP contribution in [0.5, 0.6) is 0 Å². The average Bonchev–Trinajstić information content (AvgIpc) is 3.51. The van der Waals surface area contributed by atoms with Gasteiger partial charge in [0, 0.05) is 6.54 Å². The zero-order chi connectivity index (χ0) is 24.6. The van der Waals surface area contributed by atoms with Crippen LogP contribution in [-0.2, 0) is 12.7 Å². The fourth-order valence-corrected chi connectivity index (χ4v) is 4.70. The highest BCUT2D eigenvalue weighted by Gasteiger charge is 2.37. The van der Waals surface area contributed by atoms with Crippen LogP contribution in [0, 0.1) is 18.7 Å². The molecule has 1 aliphatic carbocycles. The molecule has 0 amide bonds. The van der Waals surface area contributed by atoms with E-state index in [4.69, 9.17) is 23.2 Å². The molecule has 182 valence electrons. The lowest BCUT2D eigenvalue weighted by atomic mass is 9.98. The normalized spacial score (nSPS) is 14.9. The Balaban J connectivity index is 1.91. The zero-order valence-electron chi connectivity index (χ0n) is 18.7. The van der Waals surface area contributed by atoms with Gasteiger partial charge >= 0.3 is 6.18 Å². The van der Waals surface area contributed by atoms with E-state index < -0.39 is 17.8 Å². The third-order valence-corrected chi connectivity index (χ3v) is 6.48. The van der Waals surface area contributed by atoms with E-state index in [9.17, 15) is 17.6 Å². The molecule has 0 spiro atoms. The Hall–Kier alpha value is -2.32. The van der Waals surface area contributed by atoms with E-state index >= 15 is 0 Å². The third kappa shape index (κ3) is 5.33. The molecule has 10 heteroatoms. The smallest absolute Gasteiger partial charge is 0.299 e. The second-order valence-corrected chi connectivity index (χ2v) is 9.40. The topological polar surface area (TPSA) is 34.0 Å².